The van der Waals surface area contributed by atoms with Crippen molar-refractivity contribution in [1.29, 1.82) is 0 Å². The first-order valence-corrected chi connectivity index (χ1v) is 6.93. The van der Waals surface area contributed by atoms with Gasteiger partial charge >= 0.3 is 0 Å². The van der Waals surface area contributed by atoms with Crippen molar-refractivity contribution in [3.05, 3.63) is 24.2 Å². The molecule has 0 fully saturated rings. The zero-order valence-corrected chi connectivity index (χ0v) is 11.9. The van der Waals surface area contributed by atoms with Crippen molar-refractivity contribution in [2.45, 2.75) is 20.3 Å². The summed E-state index contributed by atoms with van der Waals surface area (Å²) in [5.74, 6) is 2.70. The number of nitrogens with zero attached hydrogens (tertiary/aromatic N) is 2. The summed E-state index contributed by atoms with van der Waals surface area (Å²) in [6.45, 7) is 5.07. The van der Waals surface area contributed by atoms with Gasteiger partial charge in [-0.1, -0.05) is 0 Å². The number of ether oxygens (including phenoxy) is 2. The monoisotopic (exact) mass is 280 g/mol. The van der Waals surface area contributed by atoms with Crippen LogP contribution in [0.3, 0.4) is 0 Å². The van der Waals surface area contributed by atoms with Crippen molar-refractivity contribution in [3.8, 4) is 11.5 Å². The highest BCUT2D eigenvalue weighted by molar-refractivity contribution is 6.17. The van der Waals surface area contributed by atoms with Crippen molar-refractivity contribution < 1.29 is 9.47 Å². The maximum Gasteiger partial charge on any atom is 0.163 e. The number of aromatic nitrogens is 2. The Hall–Kier alpha value is -1.55. The fourth-order valence-electron chi connectivity index (χ4n) is 1.82. The number of aryl methyl sites for hydroxylation is 1. The molecule has 1 aromatic carbocycles. The molecule has 0 saturated carbocycles. The van der Waals surface area contributed by atoms with Crippen LogP contribution in [0.5, 0.6) is 11.5 Å². The molecule has 0 spiro atoms. The molecule has 2 rings (SSSR count). The maximum atomic E-state index is 5.71. The van der Waals surface area contributed by atoms with Gasteiger partial charge in [-0.25, -0.2) is 9.97 Å². The van der Waals surface area contributed by atoms with Crippen LogP contribution in [-0.4, -0.2) is 29.1 Å². The summed E-state index contributed by atoms with van der Waals surface area (Å²) in [5.41, 5.74) is 0.849. The van der Waals surface area contributed by atoms with E-state index in [-0.39, 0.29) is 0 Å². The molecule has 19 heavy (non-hydrogen) atoms. The predicted octanol–water partition coefficient (Wildman–Crippen LogP) is 3.21. The molecule has 0 aliphatic carbocycles. The fourth-order valence-corrected chi connectivity index (χ4v) is 1.99. The number of hydrogen-bond donors (Lipinski definition) is 0. The van der Waals surface area contributed by atoms with Crippen LogP contribution in [-0.2, 0) is 6.42 Å². The van der Waals surface area contributed by atoms with Crippen LogP contribution in [0, 0.1) is 0 Å². The highest BCUT2D eigenvalue weighted by Gasteiger charge is 2.09. The predicted molar refractivity (Wildman–Crippen MR) is 76.3 cm³/mol. The summed E-state index contributed by atoms with van der Waals surface area (Å²) in [4.78, 5) is 8.76. The molecule has 0 bridgehead atoms. The van der Waals surface area contributed by atoms with Crippen LogP contribution in [0.2, 0.25) is 0 Å². The number of alkyl halides is 1. The largest absolute Gasteiger partial charge is 0.490 e. The first-order valence-electron chi connectivity index (χ1n) is 6.39. The van der Waals surface area contributed by atoms with Gasteiger partial charge in [-0.3, -0.25) is 0 Å². The van der Waals surface area contributed by atoms with Crippen LogP contribution in [0.1, 0.15) is 19.7 Å². The van der Waals surface area contributed by atoms with E-state index in [9.17, 15) is 0 Å². The van der Waals surface area contributed by atoms with Gasteiger partial charge < -0.3 is 9.47 Å². The minimum absolute atomic E-state index is 0.515. The molecule has 0 amide bonds. The molecule has 0 saturated heterocycles. The highest BCUT2D eigenvalue weighted by Crippen LogP contribution is 2.31. The smallest absolute Gasteiger partial charge is 0.163 e. The van der Waals surface area contributed by atoms with Crippen LogP contribution in [0.25, 0.3) is 10.9 Å². The zero-order chi connectivity index (χ0) is 13.7. The van der Waals surface area contributed by atoms with Crippen molar-refractivity contribution in [2.24, 2.45) is 0 Å². The van der Waals surface area contributed by atoms with Crippen molar-refractivity contribution in [3.63, 3.8) is 0 Å². The third-order valence-corrected chi connectivity index (χ3v) is 2.80. The lowest BCUT2D eigenvalue weighted by molar-refractivity contribution is 0.288. The van der Waals surface area contributed by atoms with E-state index in [0.29, 0.717) is 31.3 Å². The minimum atomic E-state index is 0.515. The van der Waals surface area contributed by atoms with Gasteiger partial charge in [0.15, 0.2) is 11.5 Å². The Balaban J connectivity index is 2.46. The lowest BCUT2D eigenvalue weighted by atomic mass is 10.2. The lowest BCUT2D eigenvalue weighted by Gasteiger charge is -2.12. The second-order valence-corrected chi connectivity index (χ2v) is 4.33. The van der Waals surface area contributed by atoms with Crippen molar-refractivity contribution in [2.75, 3.05) is 19.1 Å². The lowest BCUT2D eigenvalue weighted by Crippen LogP contribution is -2.00. The van der Waals surface area contributed by atoms with E-state index >= 15 is 0 Å². The quantitative estimate of drug-likeness (QED) is 0.762. The molecule has 0 unspecified atom stereocenters. The van der Waals surface area contributed by atoms with Gasteiger partial charge in [-0.05, 0) is 19.9 Å². The average molecular weight is 281 g/mol. The summed E-state index contributed by atoms with van der Waals surface area (Å²) in [5, 5.41) is 0.935. The molecular formula is C14H17ClN2O2. The normalized spacial score (nSPS) is 10.7. The molecule has 0 aliphatic heterocycles. The SMILES string of the molecule is CCOc1cc2cnc(CCCl)nc2cc1OCC. The van der Waals surface area contributed by atoms with Gasteiger partial charge in [0.05, 0.1) is 18.7 Å². The van der Waals surface area contributed by atoms with Crippen LogP contribution < -0.4 is 9.47 Å². The van der Waals surface area contributed by atoms with Crippen molar-refractivity contribution >= 4 is 22.5 Å². The summed E-state index contributed by atoms with van der Waals surface area (Å²) < 4.78 is 11.2. The summed E-state index contributed by atoms with van der Waals surface area (Å²) in [6, 6.07) is 3.80. The molecule has 2 aromatic rings. The van der Waals surface area contributed by atoms with Gasteiger partial charge in [-0.2, -0.15) is 0 Å². The summed E-state index contributed by atoms with van der Waals surface area (Å²) in [7, 11) is 0. The molecule has 0 aliphatic rings. The molecular weight excluding hydrogens is 264 g/mol. The number of rotatable bonds is 6. The Labute approximate surface area is 117 Å². The standard InChI is InChI=1S/C14H17ClN2O2/c1-3-18-12-7-10-9-16-14(5-6-15)17-11(10)8-13(12)19-4-2/h7-9H,3-6H2,1-2H3. The third-order valence-electron chi connectivity index (χ3n) is 2.61. The van der Waals surface area contributed by atoms with Gasteiger partial charge in [0.2, 0.25) is 0 Å². The highest BCUT2D eigenvalue weighted by atomic mass is 35.5. The molecule has 102 valence electrons. The first-order chi connectivity index (χ1) is 9.28. The van der Waals surface area contributed by atoms with E-state index < -0.39 is 0 Å². The minimum Gasteiger partial charge on any atom is -0.490 e. The Morgan fingerprint density at radius 2 is 1.79 bits per heavy atom. The zero-order valence-electron chi connectivity index (χ0n) is 11.1. The topological polar surface area (TPSA) is 44.2 Å². The Bertz CT molecular complexity index is 560. The molecule has 1 aromatic heterocycles. The Morgan fingerprint density at radius 3 is 2.42 bits per heavy atom. The third kappa shape index (κ3) is 3.26. The van der Waals surface area contributed by atoms with Crippen LogP contribution in [0.4, 0.5) is 0 Å². The van der Waals surface area contributed by atoms with E-state index in [4.69, 9.17) is 21.1 Å². The first kappa shape index (κ1) is 13.9. The number of benzene rings is 1. The van der Waals surface area contributed by atoms with Gasteiger partial charge in [0.25, 0.3) is 0 Å². The Morgan fingerprint density at radius 1 is 1.11 bits per heavy atom. The van der Waals surface area contributed by atoms with Crippen molar-refractivity contribution in [1.82, 2.24) is 9.97 Å². The number of fused-ring (bicyclic) bond motifs is 1. The molecule has 0 N–H and O–H groups in total. The molecule has 1 heterocycles. The number of halogens is 1. The summed E-state index contributed by atoms with van der Waals surface area (Å²) >= 11 is 5.71. The summed E-state index contributed by atoms with van der Waals surface area (Å²) in [6.07, 6.45) is 2.46. The van der Waals surface area contributed by atoms with E-state index in [1.54, 1.807) is 6.20 Å². The van der Waals surface area contributed by atoms with E-state index in [1.165, 1.54) is 0 Å². The van der Waals surface area contributed by atoms with Gasteiger partial charge in [-0.15, -0.1) is 11.6 Å². The van der Waals surface area contributed by atoms with Crippen LogP contribution in [0.15, 0.2) is 18.3 Å². The van der Waals surface area contributed by atoms with E-state index in [2.05, 4.69) is 9.97 Å². The number of hydrogen-bond acceptors (Lipinski definition) is 4. The molecule has 4 nitrogen and oxygen atoms in total. The fraction of sp³-hybridized carbons (Fsp3) is 0.429. The second-order valence-electron chi connectivity index (χ2n) is 3.95. The van der Waals surface area contributed by atoms with Crippen LogP contribution >= 0.6 is 11.6 Å². The second kappa shape index (κ2) is 6.57. The Kier molecular flexibility index (Phi) is 4.80. The molecule has 0 atom stereocenters. The van der Waals surface area contributed by atoms with E-state index in [1.807, 2.05) is 26.0 Å². The van der Waals surface area contributed by atoms with E-state index in [0.717, 1.165) is 22.5 Å². The average Bonchev–Trinajstić information content (AvgIpc) is 2.40. The van der Waals surface area contributed by atoms with Gasteiger partial charge in [0.1, 0.15) is 5.82 Å². The van der Waals surface area contributed by atoms with Gasteiger partial charge in [0, 0.05) is 30.0 Å². The molecule has 0 radical (unpaired) electrons. The molecule has 5 heteroatoms. The maximum absolute atomic E-state index is 5.71.